The lowest BCUT2D eigenvalue weighted by atomic mass is 10.1. The summed E-state index contributed by atoms with van der Waals surface area (Å²) in [6, 6.07) is 13.6. The van der Waals surface area contributed by atoms with E-state index in [4.69, 9.17) is 0 Å². The van der Waals surface area contributed by atoms with E-state index in [0.717, 1.165) is 11.1 Å². The summed E-state index contributed by atoms with van der Waals surface area (Å²) >= 11 is 0. The second-order valence-corrected chi connectivity index (χ2v) is 4.70. The van der Waals surface area contributed by atoms with Crippen molar-refractivity contribution in [2.45, 2.75) is 6.92 Å². The van der Waals surface area contributed by atoms with Crippen molar-refractivity contribution in [3.63, 3.8) is 0 Å². The normalized spacial score (nSPS) is 10.6. The number of hydrogen-bond donors (Lipinski definition) is 0. The fraction of sp³-hybridized carbons (Fsp3) is 0.0625. The number of benzene rings is 2. The molecular formula is C16H12FN3O. The third kappa shape index (κ3) is 2.45. The maximum atomic E-state index is 13.0. The van der Waals surface area contributed by atoms with E-state index in [1.807, 2.05) is 31.2 Å². The maximum absolute atomic E-state index is 13.0. The molecule has 0 spiro atoms. The number of rotatable bonds is 3. The summed E-state index contributed by atoms with van der Waals surface area (Å²) in [5, 5.41) is 7.88. The third-order valence-corrected chi connectivity index (χ3v) is 3.20. The molecule has 0 fully saturated rings. The Kier molecular flexibility index (Phi) is 3.31. The predicted octanol–water partition coefficient (Wildman–Crippen LogP) is 3.19. The lowest BCUT2D eigenvalue weighted by Crippen LogP contribution is -2.00. The van der Waals surface area contributed by atoms with E-state index in [1.54, 1.807) is 12.1 Å². The number of aldehydes is 1. The molecule has 21 heavy (non-hydrogen) atoms. The highest BCUT2D eigenvalue weighted by atomic mass is 19.1. The highest BCUT2D eigenvalue weighted by Gasteiger charge is 2.15. The Hall–Kier alpha value is -2.82. The van der Waals surface area contributed by atoms with Crippen LogP contribution in [0.4, 0.5) is 4.39 Å². The Morgan fingerprint density at radius 2 is 1.71 bits per heavy atom. The van der Waals surface area contributed by atoms with E-state index in [1.165, 1.54) is 16.8 Å². The molecule has 0 N–H and O–H groups in total. The van der Waals surface area contributed by atoms with E-state index >= 15 is 0 Å². The summed E-state index contributed by atoms with van der Waals surface area (Å²) in [6.45, 7) is 1.99. The van der Waals surface area contributed by atoms with Crippen LogP contribution in [-0.2, 0) is 0 Å². The summed E-state index contributed by atoms with van der Waals surface area (Å²) in [5.74, 6) is -0.327. The molecule has 1 aromatic heterocycles. The van der Waals surface area contributed by atoms with Crippen LogP contribution < -0.4 is 0 Å². The largest absolute Gasteiger partial charge is 0.296 e. The van der Waals surface area contributed by atoms with Gasteiger partial charge in [0.25, 0.3) is 0 Å². The molecule has 0 unspecified atom stereocenters. The average molecular weight is 281 g/mol. The van der Waals surface area contributed by atoms with Crippen molar-refractivity contribution in [2.75, 3.05) is 0 Å². The van der Waals surface area contributed by atoms with Crippen molar-refractivity contribution in [3.8, 4) is 16.9 Å². The van der Waals surface area contributed by atoms with E-state index in [9.17, 15) is 9.18 Å². The monoisotopic (exact) mass is 281 g/mol. The van der Waals surface area contributed by atoms with Crippen molar-refractivity contribution in [2.24, 2.45) is 0 Å². The molecular weight excluding hydrogens is 269 g/mol. The quantitative estimate of drug-likeness (QED) is 0.693. The van der Waals surface area contributed by atoms with Crippen LogP contribution >= 0.6 is 0 Å². The molecule has 0 amide bonds. The van der Waals surface area contributed by atoms with Crippen LogP contribution in [0.2, 0.25) is 0 Å². The maximum Gasteiger partial charge on any atom is 0.172 e. The minimum absolute atomic E-state index is 0.253. The Balaban J connectivity index is 2.18. The molecule has 3 rings (SSSR count). The summed E-state index contributed by atoms with van der Waals surface area (Å²) in [5.41, 5.74) is 3.44. The standard InChI is InChI=1S/C16H12FN3O/c1-11-2-4-12(5-3-11)16-15(10-21)18-19-20(16)14-8-6-13(17)7-9-14/h2-10H,1H3. The van der Waals surface area contributed by atoms with Crippen LogP contribution in [-0.4, -0.2) is 21.3 Å². The number of aryl methyl sites for hydroxylation is 1. The molecule has 0 saturated carbocycles. The highest BCUT2D eigenvalue weighted by molar-refractivity contribution is 5.84. The summed E-state index contributed by atoms with van der Waals surface area (Å²) in [7, 11) is 0. The Morgan fingerprint density at radius 1 is 1.05 bits per heavy atom. The van der Waals surface area contributed by atoms with Gasteiger partial charge in [0.15, 0.2) is 12.0 Å². The zero-order valence-corrected chi connectivity index (χ0v) is 11.3. The van der Waals surface area contributed by atoms with Gasteiger partial charge in [0.05, 0.1) is 5.69 Å². The molecule has 0 atom stereocenters. The topological polar surface area (TPSA) is 47.8 Å². The van der Waals surface area contributed by atoms with Gasteiger partial charge in [0, 0.05) is 5.56 Å². The average Bonchev–Trinajstić information content (AvgIpc) is 2.93. The van der Waals surface area contributed by atoms with Gasteiger partial charge in [0.1, 0.15) is 11.5 Å². The Bertz CT molecular complexity index is 776. The van der Waals surface area contributed by atoms with E-state index in [-0.39, 0.29) is 11.5 Å². The van der Waals surface area contributed by atoms with Crippen LogP contribution in [0.25, 0.3) is 16.9 Å². The first kappa shape index (κ1) is 13.2. The number of carbonyl (C=O) groups excluding carboxylic acids is 1. The lowest BCUT2D eigenvalue weighted by Gasteiger charge is -2.07. The first-order valence-corrected chi connectivity index (χ1v) is 6.43. The van der Waals surface area contributed by atoms with Crippen molar-refractivity contribution < 1.29 is 9.18 Å². The van der Waals surface area contributed by atoms with Crippen molar-refractivity contribution in [3.05, 3.63) is 65.6 Å². The molecule has 0 aliphatic rings. The zero-order chi connectivity index (χ0) is 14.8. The van der Waals surface area contributed by atoms with Gasteiger partial charge in [-0.2, -0.15) is 0 Å². The van der Waals surface area contributed by atoms with E-state index in [0.29, 0.717) is 17.7 Å². The molecule has 5 heteroatoms. The Labute approximate surface area is 120 Å². The van der Waals surface area contributed by atoms with E-state index < -0.39 is 0 Å². The second-order valence-electron chi connectivity index (χ2n) is 4.70. The number of hydrogen-bond acceptors (Lipinski definition) is 3. The minimum Gasteiger partial charge on any atom is -0.296 e. The van der Waals surface area contributed by atoms with Crippen LogP contribution in [0.3, 0.4) is 0 Å². The van der Waals surface area contributed by atoms with Gasteiger partial charge < -0.3 is 0 Å². The molecule has 104 valence electrons. The molecule has 3 aromatic rings. The van der Waals surface area contributed by atoms with Crippen molar-refractivity contribution in [1.82, 2.24) is 15.0 Å². The van der Waals surface area contributed by atoms with Crippen molar-refractivity contribution in [1.29, 1.82) is 0 Å². The molecule has 0 bridgehead atoms. The van der Waals surface area contributed by atoms with Gasteiger partial charge in [-0.15, -0.1) is 5.10 Å². The zero-order valence-electron chi connectivity index (χ0n) is 11.3. The number of carbonyl (C=O) groups is 1. The third-order valence-electron chi connectivity index (χ3n) is 3.20. The fourth-order valence-electron chi connectivity index (χ4n) is 2.12. The first-order valence-electron chi connectivity index (χ1n) is 6.43. The molecule has 4 nitrogen and oxygen atoms in total. The van der Waals surface area contributed by atoms with Gasteiger partial charge in [-0.05, 0) is 31.2 Å². The molecule has 2 aromatic carbocycles. The minimum atomic E-state index is -0.327. The van der Waals surface area contributed by atoms with Gasteiger partial charge in [-0.3, -0.25) is 4.79 Å². The first-order chi connectivity index (χ1) is 10.2. The SMILES string of the molecule is Cc1ccc(-c2c(C=O)nnn2-c2ccc(F)cc2)cc1. The molecule has 0 aliphatic heterocycles. The molecule has 0 saturated heterocycles. The van der Waals surface area contributed by atoms with Gasteiger partial charge in [0.2, 0.25) is 0 Å². The summed E-state index contributed by atoms with van der Waals surface area (Å²) < 4.78 is 14.6. The van der Waals surface area contributed by atoms with Crippen molar-refractivity contribution >= 4 is 6.29 Å². The summed E-state index contributed by atoms with van der Waals surface area (Å²) in [6.07, 6.45) is 0.669. The summed E-state index contributed by atoms with van der Waals surface area (Å²) in [4.78, 5) is 11.2. The Morgan fingerprint density at radius 3 is 2.33 bits per heavy atom. The van der Waals surface area contributed by atoms with Crippen LogP contribution in [0.15, 0.2) is 48.5 Å². The molecule has 1 heterocycles. The molecule has 0 aliphatic carbocycles. The van der Waals surface area contributed by atoms with Crippen LogP contribution in [0.5, 0.6) is 0 Å². The van der Waals surface area contributed by atoms with Crippen LogP contribution in [0, 0.1) is 12.7 Å². The number of halogens is 1. The van der Waals surface area contributed by atoms with E-state index in [2.05, 4.69) is 10.3 Å². The van der Waals surface area contributed by atoms with Gasteiger partial charge in [-0.1, -0.05) is 35.0 Å². The lowest BCUT2D eigenvalue weighted by molar-refractivity contribution is 0.111. The van der Waals surface area contributed by atoms with Gasteiger partial charge >= 0.3 is 0 Å². The molecule has 0 radical (unpaired) electrons. The predicted molar refractivity (Wildman–Crippen MR) is 76.9 cm³/mol. The van der Waals surface area contributed by atoms with Crippen LogP contribution in [0.1, 0.15) is 16.1 Å². The second kappa shape index (κ2) is 5.28. The number of aromatic nitrogens is 3. The fourth-order valence-corrected chi connectivity index (χ4v) is 2.12. The van der Waals surface area contributed by atoms with Gasteiger partial charge in [-0.25, -0.2) is 9.07 Å². The smallest absolute Gasteiger partial charge is 0.172 e. The highest BCUT2D eigenvalue weighted by Crippen LogP contribution is 2.24. The number of nitrogens with zero attached hydrogens (tertiary/aromatic N) is 3.